The van der Waals surface area contributed by atoms with Gasteiger partial charge in [-0.15, -0.1) is 0 Å². The van der Waals surface area contributed by atoms with Gasteiger partial charge in [0, 0.05) is 16.7 Å². The van der Waals surface area contributed by atoms with E-state index in [1.807, 2.05) is 19.9 Å². The first-order valence-corrected chi connectivity index (χ1v) is 7.27. The van der Waals surface area contributed by atoms with Crippen LogP contribution in [0.25, 0.3) is 0 Å². The number of hydrogen-bond acceptors (Lipinski definition) is 3. The first-order valence-electron chi connectivity index (χ1n) is 6.51. The smallest absolute Gasteiger partial charge is 0.213 e. The molecule has 21 heavy (non-hydrogen) atoms. The number of ether oxygens (including phenoxy) is 1. The van der Waals surface area contributed by atoms with Gasteiger partial charge in [0.1, 0.15) is 5.82 Å². The van der Waals surface area contributed by atoms with Gasteiger partial charge < -0.3 is 10.1 Å². The van der Waals surface area contributed by atoms with Crippen LogP contribution in [0.4, 0.5) is 10.1 Å². The lowest BCUT2D eigenvalue weighted by molar-refractivity contribution is 0.327. The van der Waals surface area contributed by atoms with Gasteiger partial charge in [0.25, 0.3) is 0 Å². The molecule has 0 fully saturated rings. The Labute approximate surface area is 133 Å². The Morgan fingerprint density at radius 3 is 2.67 bits per heavy atom. The van der Waals surface area contributed by atoms with Gasteiger partial charge in [0.15, 0.2) is 0 Å². The molecule has 2 aromatic rings. The third-order valence-electron chi connectivity index (χ3n) is 2.92. The van der Waals surface area contributed by atoms with Crippen LogP contribution in [-0.2, 0) is 0 Å². The Kier molecular flexibility index (Phi) is 5.26. The van der Waals surface area contributed by atoms with Crippen molar-refractivity contribution in [3.63, 3.8) is 0 Å². The molecule has 0 aliphatic carbocycles. The maximum atomic E-state index is 13.5. The molecule has 1 N–H and O–H groups in total. The van der Waals surface area contributed by atoms with Crippen LogP contribution in [0, 0.1) is 5.82 Å². The van der Waals surface area contributed by atoms with Gasteiger partial charge in [0.05, 0.1) is 29.6 Å². The van der Waals surface area contributed by atoms with Gasteiger partial charge in [-0.3, -0.25) is 0 Å². The summed E-state index contributed by atoms with van der Waals surface area (Å²) in [5, 5.41) is 3.63. The zero-order chi connectivity index (χ0) is 15.4. The van der Waals surface area contributed by atoms with Crippen molar-refractivity contribution >= 4 is 28.9 Å². The van der Waals surface area contributed by atoms with Gasteiger partial charge in [-0.25, -0.2) is 9.37 Å². The topological polar surface area (TPSA) is 34.1 Å². The highest BCUT2D eigenvalue weighted by Gasteiger charge is 2.17. The number of nitrogens with zero attached hydrogens (tertiary/aromatic N) is 1. The Morgan fingerprint density at radius 1 is 1.29 bits per heavy atom. The van der Waals surface area contributed by atoms with Crippen molar-refractivity contribution in [3.8, 4) is 5.88 Å². The molecule has 0 spiro atoms. The maximum absolute atomic E-state index is 13.5. The average Bonchev–Trinajstić information content (AvgIpc) is 2.46. The molecule has 0 saturated carbocycles. The van der Waals surface area contributed by atoms with Crippen LogP contribution in [0.2, 0.25) is 10.0 Å². The van der Waals surface area contributed by atoms with Crippen LogP contribution >= 0.6 is 23.2 Å². The molecule has 1 unspecified atom stereocenters. The molecule has 0 bridgehead atoms. The van der Waals surface area contributed by atoms with Gasteiger partial charge in [-0.2, -0.15) is 0 Å². The Bertz CT molecular complexity index is 620. The highest BCUT2D eigenvalue weighted by Crippen LogP contribution is 2.34. The van der Waals surface area contributed by atoms with E-state index in [0.717, 1.165) is 5.69 Å². The molecule has 3 nitrogen and oxygen atoms in total. The van der Waals surface area contributed by atoms with Crippen molar-refractivity contribution in [2.24, 2.45) is 0 Å². The predicted octanol–water partition coefficient (Wildman–Crippen LogP) is 5.10. The van der Waals surface area contributed by atoms with Crippen LogP contribution in [0.15, 0.2) is 30.5 Å². The van der Waals surface area contributed by atoms with Crippen molar-refractivity contribution in [1.29, 1.82) is 0 Å². The number of halogens is 3. The van der Waals surface area contributed by atoms with Gasteiger partial charge in [-0.05, 0) is 32.0 Å². The Balaban J connectivity index is 2.18. The largest absolute Gasteiger partial charge is 0.478 e. The third-order valence-corrected chi connectivity index (χ3v) is 3.64. The van der Waals surface area contributed by atoms with Crippen molar-refractivity contribution in [3.05, 3.63) is 51.9 Å². The number of benzene rings is 1. The van der Waals surface area contributed by atoms with E-state index in [0.29, 0.717) is 23.1 Å². The number of hydrogen-bond donors (Lipinski definition) is 1. The fourth-order valence-electron chi connectivity index (χ4n) is 1.96. The number of pyridine rings is 1. The molecule has 1 heterocycles. The summed E-state index contributed by atoms with van der Waals surface area (Å²) in [4.78, 5) is 4.15. The average molecular weight is 329 g/mol. The van der Waals surface area contributed by atoms with Crippen molar-refractivity contribution < 1.29 is 9.13 Å². The van der Waals surface area contributed by atoms with E-state index >= 15 is 0 Å². The molecular weight excluding hydrogens is 314 g/mol. The minimum absolute atomic E-state index is 0.0291. The molecule has 0 aliphatic rings. The van der Waals surface area contributed by atoms with E-state index in [1.54, 1.807) is 12.3 Å². The molecule has 112 valence electrons. The van der Waals surface area contributed by atoms with Crippen LogP contribution in [0.1, 0.15) is 25.5 Å². The van der Waals surface area contributed by atoms with Crippen molar-refractivity contribution in [2.75, 3.05) is 11.9 Å². The maximum Gasteiger partial charge on any atom is 0.213 e. The zero-order valence-electron chi connectivity index (χ0n) is 11.7. The first kappa shape index (κ1) is 15.9. The molecule has 0 radical (unpaired) electrons. The van der Waals surface area contributed by atoms with E-state index in [2.05, 4.69) is 10.3 Å². The summed E-state index contributed by atoms with van der Waals surface area (Å²) in [6, 6.07) is 6.06. The second kappa shape index (κ2) is 6.96. The summed E-state index contributed by atoms with van der Waals surface area (Å²) >= 11 is 12.1. The van der Waals surface area contributed by atoms with Crippen LogP contribution in [-0.4, -0.2) is 11.6 Å². The van der Waals surface area contributed by atoms with Crippen LogP contribution in [0.5, 0.6) is 5.88 Å². The molecule has 0 saturated heterocycles. The quantitative estimate of drug-likeness (QED) is 0.775. The number of nitrogens with one attached hydrogen (secondary N) is 1. The molecule has 1 aromatic heterocycles. The second-order valence-electron chi connectivity index (χ2n) is 4.44. The van der Waals surface area contributed by atoms with Crippen molar-refractivity contribution in [2.45, 2.75) is 19.9 Å². The molecule has 6 heteroatoms. The second-order valence-corrected chi connectivity index (χ2v) is 5.23. The van der Waals surface area contributed by atoms with E-state index in [9.17, 15) is 4.39 Å². The summed E-state index contributed by atoms with van der Waals surface area (Å²) in [6.45, 7) is 4.30. The fraction of sp³-hybridized carbons (Fsp3) is 0.267. The lowest BCUT2D eigenvalue weighted by atomic mass is 10.1. The molecule has 0 amide bonds. The van der Waals surface area contributed by atoms with Crippen molar-refractivity contribution in [1.82, 2.24) is 4.98 Å². The highest BCUT2D eigenvalue weighted by molar-refractivity contribution is 6.36. The summed E-state index contributed by atoms with van der Waals surface area (Å²) < 4.78 is 18.8. The fourth-order valence-corrected chi connectivity index (χ4v) is 2.66. The summed E-state index contributed by atoms with van der Waals surface area (Å²) in [5.41, 5.74) is 1.29. The summed E-state index contributed by atoms with van der Waals surface area (Å²) in [6.07, 6.45) is 1.64. The van der Waals surface area contributed by atoms with E-state index in [4.69, 9.17) is 27.9 Å². The monoisotopic (exact) mass is 328 g/mol. The van der Waals surface area contributed by atoms with Gasteiger partial charge in [-0.1, -0.05) is 23.2 Å². The predicted molar refractivity (Wildman–Crippen MR) is 83.9 cm³/mol. The SMILES string of the molecule is CCOc1ccc(NC(C)c2c(Cl)ccc(F)c2Cl)cn1. The first-order chi connectivity index (χ1) is 10.0. The number of aromatic nitrogens is 1. The minimum atomic E-state index is -0.491. The molecule has 1 atom stereocenters. The number of rotatable bonds is 5. The molecular formula is C15H15Cl2FN2O. The minimum Gasteiger partial charge on any atom is -0.478 e. The van der Waals surface area contributed by atoms with E-state index < -0.39 is 5.82 Å². The van der Waals surface area contributed by atoms with E-state index in [-0.39, 0.29) is 11.1 Å². The lowest BCUT2D eigenvalue weighted by Crippen LogP contribution is -2.09. The zero-order valence-corrected chi connectivity index (χ0v) is 13.2. The van der Waals surface area contributed by atoms with Gasteiger partial charge >= 0.3 is 0 Å². The van der Waals surface area contributed by atoms with Gasteiger partial charge in [0.2, 0.25) is 5.88 Å². The molecule has 0 aliphatic heterocycles. The Morgan fingerprint density at radius 2 is 2.05 bits per heavy atom. The highest BCUT2D eigenvalue weighted by atomic mass is 35.5. The standard InChI is InChI=1S/C15H15Cl2FN2O/c1-3-21-13-7-4-10(8-19-13)20-9(2)14-11(16)5-6-12(18)15(14)17/h4-9,20H,3H2,1-2H3. The van der Waals surface area contributed by atoms with Crippen LogP contribution < -0.4 is 10.1 Å². The normalized spacial score (nSPS) is 12.0. The third kappa shape index (κ3) is 3.77. The summed E-state index contributed by atoms with van der Waals surface area (Å²) in [7, 11) is 0. The number of anilines is 1. The Hall–Kier alpha value is -1.52. The van der Waals surface area contributed by atoms with E-state index in [1.165, 1.54) is 12.1 Å². The molecule has 2 rings (SSSR count). The molecule has 1 aromatic carbocycles. The van der Waals surface area contributed by atoms with Crippen LogP contribution in [0.3, 0.4) is 0 Å². The summed E-state index contributed by atoms with van der Waals surface area (Å²) in [5.74, 6) is 0.0621. The lowest BCUT2D eigenvalue weighted by Gasteiger charge is -2.18.